The van der Waals surface area contributed by atoms with Crippen LogP contribution in [0.5, 0.6) is 0 Å². The fourth-order valence-electron chi connectivity index (χ4n) is 2.08. The molecule has 0 N–H and O–H groups in total. The monoisotopic (exact) mass is 486 g/mol. The van der Waals surface area contributed by atoms with E-state index in [1.165, 1.54) is 26.3 Å². The molecular weight excluding hydrogens is 477 g/mol. The summed E-state index contributed by atoms with van der Waals surface area (Å²) in [6, 6.07) is 0. The first-order valence-electron chi connectivity index (χ1n) is 6.80. The summed E-state index contributed by atoms with van der Waals surface area (Å²) in [6.07, 6.45) is 0. The van der Waals surface area contributed by atoms with Gasteiger partial charge in [-0.1, -0.05) is 84.4 Å². The van der Waals surface area contributed by atoms with Crippen LogP contribution in [0.25, 0.3) is 0 Å². The number of thioether (sulfide) groups is 10. The molecule has 5 aliphatic rings. The molecule has 0 bridgehead atoms. The molecule has 10 heteroatoms. The van der Waals surface area contributed by atoms with E-state index in [0.29, 0.717) is 0 Å². The van der Waals surface area contributed by atoms with Crippen molar-refractivity contribution in [1.29, 1.82) is 0 Å². The van der Waals surface area contributed by atoms with Crippen LogP contribution in [0, 0.1) is 0 Å². The third-order valence-corrected chi connectivity index (χ3v) is 18.9. The van der Waals surface area contributed by atoms with E-state index in [9.17, 15) is 0 Å². The van der Waals surface area contributed by atoms with Gasteiger partial charge >= 0.3 is 0 Å². The van der Waals surface area contributed by atoms with Crippen molar-refractivity contribution < 1.29 is 0 Å². The predicted octanol–water partition coefficient (Wildman–Crippen LogP) is 8.63. The van der Waals surface area contributed by atoms with Crippen LogP contribution in [-0.2, 0) is 0 Å². The molecule has 1 saturated heterocycles. The molecule has 5 aliphatic heterocycles. The highest BCUT2D eigenvalue weighted by atomic mass is 32.3. The summed E-state index contributed by atoms with van der Waals surface area (Å²) in [6.45, 7) is 4.70. The molecule has 0 saturated carbocycles. The van der Waals surface area contributed by atoms with Gasteiger partial charge < -0.3 is 0 Å². The zero-order valence-corrected chi connectivity index (χ0v) is 20.1. The Morgan fingerprint density at radius 2 is 0.870 bits per heavy atom. The van der Waals surface area contributed by atoms with Gasteiger partial charge in [0.1, 0.15) is 0 Å². The third kappa shape index (κ3) is 3.38. The molecule has 5 heterocycles. The lowest BCUT2D eigenvalue weighted by molar-refractivity contribution is 0.941. The van der Waals surface area contributed by atoms with Crippen LogP contribution < -0.4 is 0 Å². The molecular formula is C13H10S10. The van der Waals surface area contributed by atoms with Gasteiger partial charge in [0.05, 0.1) is 33.9 Å². The topological polar surface area (TPSA) is 0 Å². The normalized spacial score (nSPS) is 33.7. The van der Waals surface area contributed by atoms with Crippen molar-refractivity contribution in [2.75, 3.05) is 5.08 Å². The molecule has 0 aliphatic carbocycles. The minimum Gasteiger partial charge on any atom is -0.113 e. The minimum atomic E-state index is 0.742. The van der Waals surface area contributed by atoms with Gasteiger partial charge in [0.25, 0.3) is 0 Å². The maximum atomic E-state index is 2.35. The van der Waals surface area contributed by atoms with Gasteiger partial charge in [-0.25, -0.2) is 0 Å². The standard InChI is InChI=1S/C13H10S10/c1-4-5(2)17-8(16-4)9-20-12-13(21-9)23-11(22-12)10-18-6-7(19-10)15-3-14-6/h4-5H,3H2,1-2H3. The molecule has 0 amide bonds. The molecule has 0 spiro atoms. The third-order valence-electron chi connectivity index (χ3n) is 3.41. The summed E-state index contributed by atoms with van der Waals surface area (Å²) < 4.78 is 12.2. The van der Waals surface area contributed by atoms with Gasteiger partial charge in [-0.2, -0.15) is 0 Å². The quantitative estimate of drug-likeness (QED) is 0.324. The lowest BCUT2D eigenvalue weighted by Gasteiger charge is -2.07. The average Bonchev–Trinajstić information content (AvgIpc) is 3.23. The Kier molecular flexibility index (Phi) is 5.44. The summed E-state index contributed by atoms with van der Waals surface area (Å²) in [5.74, 6) is 0. The van der Waals surface area contributed by atoms with Crippen molar-refractivity contribution >= 4 is 118 Å². The fraction of sp³-hybridized carbons (Fsp3) is 0.385. The summed E-state index contributed by atoms with van der Waals surface area (Å²) in [5.41, 5.74) is 0. The van der Waals surface area contributed by atoms with Crippen molar-refractivity contribution in [3.05, 3.63) is 33.9 Å². The maximum Gasteiger partial charge on any atom is 0.0718 e. The molecule has 0 aromatic carbocycles. The highest BCUT2D eigenvalue weighted by Crippen LogP contribution is 2.73. The Labute approximate surface area is 179 Å². The van der Waals surface area contributed by atoms with Crippen molar-refractivity contribution in [3.63, 3.8) is 0 Å². The van der Waals surface area contributed by atoms with Crippen molar-refractivity contribution in [1.82, 2.24) is 0 Å². The van der Waals surface area contributed by atoms with Gasteiger partial charge in [-0.05, 0) is 0 Å². The molecule has 0 aromatic rings. The number of hydrogen-bond acceptors (Lipinski definition) is 10. The van der Waals surface area contributed by atoms with E-state index in [1.807, 2.05) is 94.1 Å². The van der Waals surface area contributed by atoms with Crippen LogP contribution in [0.15, 0.2) is 33.9 Å². The van der Waals surface area contributed by atoms with Crippen LogP contribution in [-0.4, -0.2) is 15.6 Å². The van der Waals surface area contributed by atoms with E-state index in [-0.39, 0.29) is 0 Å². The SMILES string of the molecule is CC1SC(=C2SC3=C(SC(=C4SC5=C(SCS5)S4)S3)S2)SC1C. The van der Waals surface area contributed by atoms with Crippen molar-refractivity contribution in [3.8, 4) is 0 Å². The maximum absolute atomic E-state index is 2.35. The average molecular weight is 487 g/mol. The predicted molar refractivity (Wildman–Crippen MR) is 128 cm³/mol. The Balaban J connectivity index is 1.29. The lowest BCUT2D eigenvalue weighted by atomic mass is 10.4. The molecule has 0 aromatic heterocycles. The van der Waals surface area contributed by atoms with E-state index in [0.717, 1.165) is 10.5 Å². The summed E-state index contributed by atoms with van der Waals surface area (Å²) in [5, 5.41) is 2.69. The Bertz CT molecular complexity index is 662. The van der Waals surface area contributed by atoms with Crippen LogP contribution >= 0.6 is 118 Å². The molecule has 0 nitrogen and oxygen atoms in total. The zero-order valence-electron chi connectivity index (χ0n) is 11.9. The second-order valence-corrected chi connectivity index (χ2v) is 18.3. The summed E-state index contributed by atoms with van der Waals surface area (Å²) in [7, 11) is 0. The molecule has 0 radical (unpaired) electrons. The van der Waals surface area contributed by atoms with Crippen LogP contribution in [0.4, 0.5) is 0 Å². The largest absolute Gasteiger partial charge is 0.113 e. The zero-order chi connectivity index (χ0) is 15.6. The highest BCUT2D eigenvalue weighted by Gasteiger charge is 2.38. The van der Waals surface area contributed by atoms with Gasteiger partial charge in [-0.15, -0.1) is 47.0 Å². The molecule has 2 atom stereocenters. The number of hydrogen-bond donors (Lipinski definition) is 0. The summed E-state index contributed by atoms with van der Waals surface area (Å²) >= 11 is 20.2. The van der Waals surface area contributed by atoms with Gasteiger partial charge in [-0.3, -0.25) is 0 Å². The first-order chi connectivity index (χ1) is 11.2. The van der Waals surface area contributed by atoms with Crippen LogP contribution in [0.1, 0.15) is 13.8 Å². The molecule has 1 fully saturated rings. The van der Waals surface area contributed by atoms with Crippen LogP contribution in [0.2, 0.25) is 0 Å². The number of rotatable bonds is 0. The first-order valence-corrected chi connectivity index (χ1v) is 15.4. The summed E-state index contributed by atoms with van der Waals surface area (Å²) in [4.78, 5) is 0. The Morgan fingerprint density at radius 3 is 1.30 bits per heavy atom. The van der Waals surface area contributed by atoms with E-state index in [1.54, 1.807) is 12.7 Å². The Hall–Kier alpha value is 2.46. The molecule has 5 rings (SSSR count). The highest BCUT2D eigenvalue weighted by molar-refractivity contribution is 8.51. The van der Waals surface area contributed by atoms with E-state index >= 15 is 0 Å². The van der Waals surface area contributed by atoms with Gasteiger partial charge in [0.15, 0.2) is 0 Å². The second-order valence-electron chi connectivity index (χ2n) is 4.96. The second kappa shape index (κ2) is 7.13. The molecule has 2 unspecified atom stereocenters. The van der Waals surface area contributed by atoms with E-state index < -0.39 is 0 Å². The van der Waals surface area contributed by atoms with E-state index in [2.05, 4.69) is 37.4 Å². The van der Waals surface area contributed by atoms with Crippen LogP contribution in [0.3, 0.4) is 0 Å². The lowest BCUT2D eigenvalue weighted by Crippen LogP contribution is -2.04. The first kappa shape index (κ1) is 17.6. The van der Waals surface area contributed by atoms with Gasteiger partial charge in [0, 0.05) is 15.6 Å². The fourth-order valence-corrected chi connectivity index (χ4v) is 18.5. The Morgan fingerprint density at radius 1 is 0.522 bits per heavy atom. The smallest absolute Gasteiger partial charge is 0.0718 e. The minimum absolute atomic E-state index is 0.742. The molecule has 23 heavy (non-hydrogen) atoms. The van der Waals surface area contributed by atoms with Gasteiger partial charge in [0.2, 0.25) is 0 Å². The van der Waals surface area contributed by atoms with E-state index in [4.69, 9.17) is 0 Å². The van der Waals surface area contributed by atoms with Crippen molar-refractivity contribution in [2.45, 2.75) is 24.3 Å². The molecule has 122 valence electrons. The van der Waals surface area contributed by atoms with Crippen molar-refractivity contribution in [2.24, 2.45) is 0 Å².